The van der Waals surface area contributed by atoms with E-state index in [0.717, 1.165) is 96.9 Å². The van der Waals surface area contributed by atoms with Crippen LogP contribution in [0.25, 0.3) is 67.2 Å². The first kappa shape index (κ1) is 34.3. The van der Waals surface area contributed by atoms with Crippen LogP contribution in [0.5, 0.6) is 0 Å². The molecule has 8 bridgehead atoms. The Bertz CT molecular complexity index is 2670. The van der Waals surface area contributed by atoms with Crippen LogP contribution < -0.4 is 0 Å². The molecule has 8 saturated carbocycles. The summed E-state index contributed by atoms with van der Waals surface area (Å²) in [6.45, 7) is 0. The highest BCUT2D eigenvalue weighted by Gasteiger charge is 2.52. The van der Waals surface area contributed by atoms with Crippen LogP contribution in [-0.2, 0) is 10.8 Å². The lowest BCUT2D eigenvalue weighted by molar-refractivity contribution is -0.00530. The van der Waals surface area contributed by atoms with Gasteiger partial charge >= 0.3 is 0 Å². The number of rotatable bonds is 6. The summed E-state index contributed by atoms with van der Waals surface area (Å²) >= 11 is 0. The van der Waals surface area contributed by atoms with Crippen molar-refractivity contribution in [2.75, 3.05) is 0 Å². The van der Waals surface area contributed by atoms with E-state index < -0.39 is 0 Å². The van der Waals surface area contributed by atoms with Gasteiger partial charge in [-0.2, -0.15) is 5.26 Å². The maximum atomic E-state index is 9.52. The molecule has 2 aromatic heterocycles. The zero-order chi connectivity index (χ0) is 38.9. The number of furan rings is 1. The predicted octanol–water partition coefficient (Wildman–Crippen LogP) is 13.2. The predicted molar refractivity (Wildman–Crippen MR) is 233 cm³/mol. The molecule has 0 saturated heterocycles. The number of benzene rings is 5. The number of fused-ring (bicyclic) bond motifs is 3. The smallest absolute Gasteiger partial charge is 0.164 e. The van der Waals surface area contributed by atoms with Gasteiger partial charge < -0.3 is 4.42 Å². The maximum absolute atomic E-state index is 9.52. The van der Waals surface area contributed by atoms with E-state index in [-0.39, 0.29) is 0 Å². The first-order chi connectivity index (χ1) is 28.9. The normalized spacial score (nSPS) is 30.0. The standard InChI is InChI=1S/C54H48N4O/c55-31-32-4-17-48-47(24-32)46-3-1-2-45(49(46)59-48)39-5-7-40(8-6-39)50-56-51(41-9-13-43(14-10-41)53-25-33-18-34(26-53)20-35(19-33)27-53)58-52(57-50)42-11-15-44(16-12-42)54-28-36-21-37(29-54)23-38(22-36)30-54/h1-17,24,33-38H,18-23,25-30H2. The second-order valence-electron chi connectivity index (χ2n) is 20.0. The molecule has 290 valence electrons. The van der Waals surface area contributed by atoms with Gasteiger partial charge in [0, 0.05) is 33.0 Å². The fourth-order valence-corrected chi connectivity index (χ4v) is 14.5. The Hall–Kier alpha value is -5.60. The molecule has 15 rings (SSSR count). The van der Waals surface area contributed by atoms with E-state index in [9.17, 15) is 5.26 Å². The van der Waals surface area contributed by atoms with Gasteiger partial charge in [0.2, 0.25) is 0 Å². The molecule has 0 atom stereocenters. The Balaban J connectivity index is 0.871. The molecular formula is C54H48N4O. The van der Waals surface area contributed by atoms with Crippen LogP contribution in [0.1, 0.15) is 93.7 Å². The van der Waals surface area contributed by atoms with Crippen LogP contribution in [-0.4, -0.2) is 15.0 Å². The molecule has 0 amide bonds. The molecule has 5 heteroatoms. The zero-order valence-corrected chi connectivity index (χ0v) is 33.5. The SMILES string of the molecule is N#Cc1ccc2oc3c(-c4ccc(-c5nc(-c6ccc(C78CC9CC(CC(C9)C7)C8)cc6)nc(-c6ccc(C78CC9CC(CC(C9)C7)C8)cc6)n5)cc4)cccc3c2c1. The third-order valence-electron chi connectivity index (χ3n) is 16.3. The molecule has 8 fully saturated rings. The monoisotopic (exact) mass is 768 g/mol. The average Bonchev–Trinajstić information content (AvgIpc) is 3.64. The highest BCUT2D eigenvalue weighted by atomic mass is 16.3. The Morgan fingerprint density at radius 1 is 0.475 bits per heavy atom. The molecule has 0 aliphatic heterocycles. The van der Waals surface area contributed by atoms with Gasteiger partial charge in [0.05, 0.1) is 11.6 Å². The minimum atomic E-state index is 0.356. The molecule has 0 spiro atoms. The van der Waals surface area contributed by atoms with Crippen molar-refractivity contribution in [1.29, 1.82) is 5.26 Å². The van der Waals surface area contributed by atoms with Crippen molar-refractivity contribution >= 4 is 21.9 Å². The third-order valence-corrected chi connectivity index (χ3v) is 16.3. The van der Waals surface area contributed by atoms with E-state index in [1.807, 2.05) is 18.2 Å². The lowest BCUT2D eigenvalue weighted by Crippen LogP contribution is -2.48. The topological polar surface area (TPSA) is 75.6 Å². The van der Waals surface area contributed by atoms with Crippen molar-refractivity contribution in [2.24, 2.45) is 35.5 Å². The molecule has 7 aromatic rings. The van der Waals surface area contributed by atoms with Gasteiger partial charge in [0.1, 0.15) is 11.2 Å². The Kier molecular flexibility index (Phi) is 7.38. The van der Waals surface area contributed by atoms with E-state index in [2.05, 4.69) is 97.1 Å². The number of hydrogen-bond acceptors (Lipinski definition) is 5. The van der Waals surface area contributed by atoms with E-state index >= 15 is 0 Å². The molecule has 0 unspecified atom stereocenters. The second kappa shape index (κ2) is 12.7. The van der Waals surface area contributed by atoms with Crippen LogP contribution in [0, 0.1) is 46.8 Å². The van der Waals surface area contributed by atoms with E-state index in [4.69, 9.17) is 19.4 Å². The third kappa shape index (κ3) is 5.51. The van der Waals surface area contributed by atoms with Crippen molar-refractivity contribution in [2.45, 2.75) is 87.9 Å². The number of para-hydroxylation sites is 1. The van der Waals surface area contributed by atoms with Crippen LogP contribution in [0.15, 0.2) is 114 Å². The summed E-state index contributed by atoms with van der Waals surface area (Å²) in [5, 5.41) is 11.5. The molecule has 8 aliphatic rings. The Morgan fingerprint density at radius 3 is 1.34 bits per heavy atom. The lowest BCUT2D eigenvalue weighted by Gasteiger charge is -2.57. The summed E-state index contributed by atoms with van der Waals surface area (Å²) < 4.78 is 6.39. The molecule has 0 radical (unpaired) electrons. The molecule has 2 heterocycles. The summed E-state index contributed by atoms with van der Waals surface area (Å²) in [6, 6.07) is 41.4. The van der Waals surface area contributed by atoms with Crippen LogP contribution in [0.2, 0.25) is 0 Å². The second-order valence-corrected chi connectivity index (χ2v) is 20.0. The quantitative estimate of drug-likeness (QED) is 0.168. The van der Waals surface area contributed by atoms with Gasteiger partial charge in [-0.05, 0) is 158 Å². The number of aromatic nitrogens is 3. The fourth-order valence-electron chi connectivity index (χ4n) is 14.5. The van der Waals surface area contributed by atoms with E-state index in [1.165, 1.54) is 88.2 Å². The molecule has 8 aliphatic carbocycles. The van der Waals surface area contributed by atoms with E-state index in [0.29, 0.717) is 22.2 Å². The first-order valence-electron chi connectivity index (χ1n) is 22.4. The Labute approximate surface area is 345 Å². The summed E-state index contributed by atoms with van der Waals surface area (Å²) in [7, 11) is 0. The lowest BCUT2D eigenvalue weighted by atomic mass is 9.48. The maximum Gasteiger partial charge on any atom is 0.164 e. The summed E-state index contributed by atoms with van der Waals surface area (Å²) in [6.07, 6.45) is 16.9. The molecule has 5 aromatic carbocycles. The Morgan fingerprint density at radius 2 is 0.898 bits per heavy atom. The molecule has 0 N–H and O–H groups in total. The van der Waals surface area contributed by atoms with Gasteiger partial charge in [-0.15, -0.1) is 0 Å². The minimum Gasteiger partial charge on any atom is -0.455 e. The van der Waals surface area contributed by atoms with Gasteiger partial charge in [-0.25, -0.2) is 15.0 Å². The van der Waals surface area contributed by atoms with Crippen molar-refractivity contribution in [3.8, 4) is 51.4 Å². The van der Waals surface area contributed by atoms with Gasteiger partial charge in [0.25, 0.3) is 0 Å². The summed E-state index contributed by atoms with van der Waals surface area (Å²) in [5.74, 6) is 7.62. The number of nitrogens with zero attached hydrogens (tertiary/aromatic N) is 4. The van der Waals surface area contributed by atoms with Crippen molar-refractivity contribution < 1.29 is 4.42 Å². The van der Waals surface area contributed by atoms with Crippen molar-refractivity contribution in [3.05, 3.63) is 126 Å². The highest BCUT2D eigenvalue weighted by Crippen LogP contribution is 2.62. The zero-order valence-electron chi connectivity index (χ0n) is 33.5. The fraction of sp³-hybridized carbons (Fsp3) is 0.370. The molecular weight excluding hydrogens is 721 g/mol. The van der Waals surface area contributed by atoms with Crippen molar-refractivity contribution in [1.82, 2.24) is 15.0 Å². The van der Waals surface area contributed by atoms with Gasteiger partial charge in [-0.3, -0.25) is 0 Å². The summed E-state index contributed by atoms with van der Waals surface area (Å²) in [4.78, 5) is 15.6. The van der Waals surface area contributed by atoms with Gasteiger partial charge in [0.15, 0.2) is 17.5 Å². The van der Waals surface area contributed by atoms with Crippen LogP contribution >= 0.6 is 0 Å². The molecule has 59 heavy (non-hydrogen) atoms. The van der Waals surface area contributed by atoms with Crippen LogP contribution in [0.4, 0.5) is 0 Å². The molecule has 5 nitrogen and oxygen atoms in total. The van der Waals surface area contributed by atoms with E-state index in [1.54, 1.807) is 0 Å². The number of nitriles is 1. The van der Waals surface area contributed by atoms with Gasteiger partial charge in [-0.1, -0.05) is 91.0 Å². The largest absolute Gasteiger partial charge is 0.455 e. The minimum absolute atomic E-state index is 0.356. The average molecular weight is 769 g/mol. The summed E-state index contributed by atoms with van der Waals surface area (Å²) in [5.41, 5.74) is 11.1. The highest BCUT2D eigenvalue weighted by molar-refractivity contribution is 6.09. The number of hydrogen-bond donors (Lipinski definition) is 0. The van der Waals surface area contributed by atoms with Crippen LogP contribution in [0.3, 0.4) is 0 Å². The first-order valence-corrected chi connectivity index (χ1v) is 22.4. The van der Waals surface area contributed by atoms with Crippen molar-refractivity contribution in [3.63, 3.8) is 0 Å².